The van der Waals surface area contributed by atoms with E-state index in [0.717, 1.165) is 34.7 Å². The molecule has 4 N–H and O–H groups in total. The molecule has 2 aromatic rings. The lowest BCUT2D eigenvalue weighted by atomic mass is 9.82. The van der Waals surface area contributed by atoms with E-state index in [-0.39, 0.29) is 44.0 Å². The maximum Gasteiger partial charge on any atom is 0.417 e. The number of carbonyl (C=O) groups excluding carboxylic acids is 7. The second kappa shape index (κ2) is 19.2. The van der Waals surface area contributed by atoms with Crippen molar-refractivity contribution in [2.75, 3.05) is 20.2 Å². The number of methoxy groups -OCH3 is 1. The average molecular weight is 781 g/mol. The summed E-state index contributed by atoms with van der Waals surface area (Å²) in [5, 5.41) is 16.4. The van der Waals surface area contributed by atoms with Crippen LogP contribution in [0.25, 0.3) is 0 Å². The summed E-state index contributed by atoms with van der Waals surface area (Å²) in [6, 6.07) is 9.12. The summed E-state index contributed by atoms with van der Waals surface area (Å²) in [5.74, 6) is -4.40. The highest BCUT2D eigenvalue weighted by Gasteiger charge is 2.67. The Morgan fingerprint density at radius 3 is 2.30 bits per heavy atom. The van der Waals surface area contributed by atoms with E-state index in [2.05, 4.69) is 10.6 Å². The fraction of sp³-hybridized carbons (Fsp3) is 0.500. The van der Waals surface area contributed by atoms with Crippen molar-refractivity contribution in [1.82, 2.24) is 20.4 Å². The van der Waals surface area contributed by atoms with Crippen molar-refractivity contribution < 1.29 is 52.7 Å². The molecule has 1 aliphatic carbocycles. The summed E-state index contributed by atoms with van der Waals surface area (Å²) < 4.78 is 16.0. The van der Waals surface area contributed by atoms with Crippen LogP contribution in [0.4, 0.5) is 15.3 Å². The Morgan fingerprint density at radius 2 is 1.71 bits per heavy atom. The number of rotatable bonds is 17. The third kappa shape index (κ3) is 9.72. The van der Waals surface area contributed by atoms with E-state index in [1.54, 1.807) is 0 Å². The number of nitro groups is 1. The molecule has 1 saturated carbocycles. The molecule has 2 aromatic carbocycles. The van der Waals surface area contributed by atoms with Crippen molar-refractivity contribution in [2.45, 2.75) is 102 Å². The van der Waals surface area contributed by atoms with Crippen molar-refractivity contribution in [3.8, 4) is 5.75 Å². The summed E-state index contributed by atoms with van der Waals surface area (Å²) in [4.78, 5) is 109. The molecule has 4 amide bonds. The van der Waals surface area contributed by atoms with Crippen LogP contribution in [0.15, 0.2) is 54.6 Å². The monoisotopic (exact) mass is 780 g/mol. The van der Waals surface area contributed by atoms with Crippen LogP contribution < -0.4 is 21.1 Å². The number of nitrogens with one attached hydrogen (secondary N) is 2. The first-order valence-electron chi connectivity index (χ1n) is 18.3. The zero-order chi connectivity index (χ0) is 41.2. The Labute approximate surface area is 323 Å². The van der Waals surface area contributed by atoms with Gasteiger partial charge in [-0.3, -0.25) is 39.0 Å². The smallest absolute Gasteiger partial charge is 0.417 e. The number of likely N-dealkylation sites (tertiary alicyclic amines) is 1. The van der Waals surface area contributed by atoms with Crippen LogP contribution in [-0.4, -0.2) is 112 Å². The van der Waals surface area contributed by atoms with Gasteiger partial charge in [-0.15, -0.1) is 0 Å². The lowest BCUT2D eigenvalue weighted by Gasteiger charge is -2.41. The third-order valence-electron chi connectivity index (χ3n) is 9.66. The first-order chi connectivity index (χ1) is 26.6. The van der Waals surface area contributed by atoms with Crippen LogP contribution >= 0.6 is 0 Å². The molecule has 0 radical (unpaired) electrons. The maximum absolute atomic E-state index is 14.9. The van der Waals surface area contributed by atoms with Gasteiger partial charge in [-0.25, -0.2) is 9.59 Å². The number of ether oxygens (including phenoxy) is 3. The predicted molar refractivity (Wildman–Crippen MR) is 198 cm³/mol. The molecule has 18 heteroatoms. The number of alkyl carbamates (subject to hydrolysis) is 1. The van der Waals surface area contributed by atoms with Crippen molar-refractivity contribution in [1.29, 1.82) is 0 Å². The molecule has 1 heterocycles. The van der Waals surface area contributed by atoms with E-state index in [1.807, 2.05) is 30.3 Å². The number of hydrogen-bond acceptors (Lipinski definition) is 13. The number of benzene rings is 2. The molecule has 18 nitrogen and oxygen atoms in total. The van der Waals surface area contributed by atoms with Crippen molar-refractivity contribution in [3.05, 3.63) is 70.3 Å². The standard InChI is InChI=1S/C38H48N6O12/c1-23(2)43(37(51)56-27-17-15-26(16-18-27)44(52)53)38(31(45)21-30(54-4)33(38)47)32(46)29-14-10-20-42(29)35(49)28(41-34(48)24(3)39)13-8-9-19-40-36(50)55-22-25-11-6-5-7-12-25/h5-7,11-12,15-18,23-24,28-30H,8-10,13-14,19-22,39H2,1-4H3,(H,40,50)(H,41,48)/t24-,28-,29+,30?,38?/m0/s1. The van der Waals surface area contributed by atoms with E-state index in [4.69, 9.17) is 19.9 Å². The van der Waals surface area contributed by atoms with E-state index in [0.29, 0.717) is 19.3 Å². The highest BCUT2D eigenvalue weighted by atomic mass is 16.6. The lowest BCUT2D eigenvalue weighted by molar-refractivity contribution is -0.384. The number of non-ortho nitro benzene ring substituents is 1. The van der Waals surface area contributed by atoms with E-state index >= 15 is 0 Å². The number of carbonyl (C=O) groups is 7. The van der Waals surface area contributed by atoms with Crippen LogP contribution in [0, 0.1) is 10.1 Å². The second-order valence-corrected chi connectivity index (χ2v) is 13.9. The topological polar surface area (TPSA) is 247 Å². The van der Waals surface area contributed by atoms with Crippen molar-refractivity contribution >= 4 is 47.0 Å². The first-order valence-corrected chi connectivity index (χ1v) is 18.3. The van der Waals surface area contributed by atoms with Gasteiger partial charge in [0.1, 0.15) is 24.5 Å². The normalized spacial score (nSPS) is 20.3. The molecular weight excluding hydrogens is 732 g/mol. The zero-order valence-electron chi connectivity index (χ0n) is 31.8. The summed E-state index contributed by atoms with van der Waals surface area (Å²) in [5.41, 5.74) is 3.59. The number of nitrogens with zero attached hydrogens (tertiary/aromatic N) is 3. The highest BCUT2D eigenvalue weighted by Crippen LogP contribution is 2.38. The Balaban J connectivity index is 1.55. The first kappa shape index (κ1) is 43.0. The molecule has 302 valence electrons. The Kier molecular flexibility index (Phi) is 14.7. The second-order valence-electron chi connectivity index (χ2n) is 13.9. The van der Waals surface area contributed by atoms with Gasteiger partial charge in [-0.2, -0.15) is 0 Å². The molecule has 1 saturated heterocycles. The minimum Gasteiger partial charge on any atom is -0.445 e. The van der Waals surface area contributed by atoms with Crippen LogP contribution in [-0.2, 0) is 40.1 Å². The Morgan fingerprint density at radius 1 is 1.04 bits per heavy atom. The SMILES string of the molecule is COC1CC(=O)C(C(=O)[C@H]2CCCN2C(=O)[C@H](CCCCNC(=O)OCc2ccccc2)NC(=O)[C@H](C)N)(N(C(=O)Oc2ccc([N+](=O)[O-])cc2)C(C)C)C1=O. The molecule has 2 unspecified atom stereocenters. The molecule has 5 atom stereocenters. The lowest BCUT2D eigenvalue weighted by Crippen LogP contribution is -2.70. The molecule has 56 heavy (non-hydrogen) atoms. The van der Waals surface area contributed by atoms with Gasteiger partial charge < -0.3 is 35.5 Å². The van der Waals surface area contributed by atoms with Gasteiger partial charge in [-0.1, -0.05) is 30.3 Å². The molecule has 4 rings (SSSR count). The van der Waals surface area contributed by atoms with Crippen molar-refractivity contribution in [2.24, 2.45) is 5.73 Å². The average Bonchev–Trinajstić information content (AvgIpc) is 3.76. The van der Waals surface area contributed by atoms with E-state index < -0.39 is 88.5 Å². The van der Waals surface area contributed by atoms with Crippen LogP contribution in [0.1, 0.15) is 64.9 Å². The number of Topliss-reactive ketones (excluding diaryl/α,β-unsaturated/α-hetero) is 3. The van der Waals surface area contributed by atoms with Gasteiger partial charge in [0, 0.05) is 44.8 Å². The third-order valence-corrected chi connectivity index (χ3v) is 9.66. The number of ketones is 3. The van der Waals surface area contributed by atoms with Crippen LogP contribution in [0.3, 0.4) is 0 Å². The fourth-order valence-electron chi connectivity index (χ4n) is 6.86. The van der Waals surface area contributed by atoms with Crippen LogP contribution in [0.2, 0.25) is 0 Å². The number of nitro benzene ring substituents is 1. The largest absolute Gasteiger partial charge is 0.445 e. The predicted octanol–water partition coefficient (Wildman–Crippen LogP) is 2.59. The summed E-state index contributed by atoms with van der Waals surface area (Å²) in [7, 11) is 1.19. The number of hydrogen-bond donors (Lipinski definition) is 3. The van der Waals surface area contributed by atoms with Gasteiger partial charge in [-0.05, 0) is 70.6 Å². The molecule has 2 fully saturated rings. The van der Waals surface area contributed by atoms with Gasteiger partial charge in [0.05, 0.1) is 17.0 Å². The minimum atomic E-state index is -2.74. The number of nitrogens with two attached hydrogens (primary N) is 1. The maximum atomic E-state index is 14.9. The number of unbranched alkanes of at least 4 members (excludes halogenated alkanes) is 1. The van der Waals surface area contributed by atoms with E-state index in [9.17, 15) is 43.7 Å². The minimum absolute atomic E-state index is 0.0374. The molecule has 0 bridgehead atoms. The summed E-state index contributed by atoms with van der Waals surface area (Å²) in [6.45, 7) is 4.71. The summed E-state index contributed by atoms with van der Waals surface area (Å²) >= 11 is 0. The molecular formula is C38H48N6O12. The van der Waals surface area contributed by atoms with Gasteiger partial charge in [0.2, 0.25) is 23.1 Å². The van der Waals surface area contributed by atoms with Gasteiger partial charge >= 0.3 is 12.2 Å². The number of amides is 4. The summed E-state index contributed by atoms with van der Waals surface area (Å²) in [6.07, 6.45) is -2.64. The molecule has 1 aliphatic heterocycles. The quantitative estimate of drug-likeness (QED) is 0.0905. The van der Waals surface area contributed by atoms with Gasteiger partial charge in [0.25, 0.3) is 5.69 Å². The van der Waals surface area contributed by atoms with E-state index in [1.165, 1.54) is 32.8 Å². The highest BCUT2D eigenvalue weighted by molar-refractivity contribution is 6.36. The molecule has 0 aromatic heterocycles. The van der Waals surface area contributed by atoms with Crippen molar-refractivity contribution in [3.63, 3.8) is 0 Å². The molecule has 2 aliphatic rings. The van der Waals surface area contributed by atoms with Crippen LogP contribution in [0.5, 0.6) is 5.75 Å². The van der Waals surface area contributed by atoms with Gasteiger partial charge in [0.15, 0.2) is 11.6 Å². The molecule has 0 spiro atoms. The Hall–Kier alpha value is -5.75. The Bertz CT molecular complexity index is 1790. The fourth-order valence-corrected chi connectivity index (χ4v) is 6.86. The zero-order valence-corrected chi connectivity index (χ0v) is 31.8.